The molecule has 0 saturated carbocycles. The van der Waals surface area contributed by atoms with Crippen molar-refractivity contribution in [2.45, 2.75) is 6.92 Å². The Hall–Kier alpha value is -2.48. The summed E-state index contributed by atoms with van der Waals surface area (Å²) in [5.41, 5.74) is 0.462. The summed E-state index contributed by atoms with van der Waals surface area (Å²) >= 11 is 0. The molecular formula is C15H14FN2O2+. The Morgan fingerprint density at radius 3 is 2.90 bits per heavy atom. The van der Waals surface area contributed by atoms with E-state index in [0.29, 0.717) is 5.71 Å². The average Bonchev–Trinajstić information content (AvgIpc) is 2.44. The largest absolute Gasteiger partial charge is 0.502 e. The normalized spacial score (nSPS) is 21.2. The number of carbonyl (C=O) groups excluding carboxylic acids is 2. The van der Waals surface area contributed by atoms with Gasteiger partial charge in [0, 0.05) is 0 Å². The molecule has 3 amide bonds. The molecule has 20 heavy (non-hydrogen) atoms. The van der Waals surface area contributed by atoms with Gasteiger partial charge in [0.25, 0.3) is 0 Å². The molecule has 0 bridgehead atoms. The zero-order valence-corrected chi connectivity index (χ0v) is 11.1. The van der Waals surface area contributed by atoms with Gasteiger partial charge in [0.15, 0.2) is 6.54 Å². The zero-order valence-electron chi connectivity index (χ0n) is 11.1. The molecule has 0 aromatic rings. The minimum atomic E-state index is -0.781. The van der Waals surface area contributed by atoms with Crippen LogP contribution < -0.4 is 0 Å². The zero-order chi connectivity index (χ0) is 14.7. The van der Waals surface area contributed by atoms with Crippen LogP contribution in [0.5, 0.6) is 0 Å². The van der Waals surface area contributed by atoms with E-state index in [1.807, 2.05) is 0 Å². The Balaban J connectivity index is 2.53. The number of rotatable bonds is 3. The van der Waals surface area contributed by atoms with Crippen LogP contribution in [-0.2, 0) is 4.79 Å². The van der Waals surface area contributed by atoms with E-state index in [0.717, 1.165) is 4.90 Å². The van der Waals surface area contributed by atoms with Crippen molar-refractivity contribution in [1.29, 1.82) is 0 Å². The van der Waals surface area contributed by atoms with E-state index >= 15 is 0 Å². The molecule has 0 aromatic carbocycles. The third kappa shape index (κ3) is 2.32. The van der Waals surface area contributed by atoms with Crippen LogP contribution in [0, 0.1) is 17.8 Å². The molecule has 1 atom stereocenters. The standard InChI is InChI=1S/C15H14FN2O2/c1-3-5-9-17-13-7-6-11(16)10-12(13)14(19)18(8-4-2)15(17)20/h4,6-7,10,12H,2,8-9H2,1H3/q+1. The summed E-state index contributed by atoms with van der Waals surface area (Å²) in [6.07, 6.45) is 5.37. The highest BCUT2D eigenvalue weighted by Gasteiger charge is 2.46. The number of allylic oxidation sites excluding steroid dienone is 3. The number of nitrogens with zero attached hydrogens (tertiary/aromatic N) is 2. The van der Waals surface area contributed by atoms with Crippen molar-refractivity contribution in [2.75, 3.05) is 13.1 Å². The first-order chi connectivity index (χ1) is 9.60. The second-order valence-corrected chi connectivity index (χ2v) is 4.32. The predicted octanol–water partition coefficient (Wildman–Crippen LogP) is 1.65. The van der Waals surface area contributed by atoms with Gasteiger partial charge >= 0.3 is 11.9 Å². The van der Waals surface area contributed by atoms with Crippen molar-refractivity contribution in [3.8, 4) is 11.8 Å². The number of carbonyl (C=O) groups is 2. The van der Waals surface area contributed by atoms with Crippen LogP contribution >= 0.6 is 0 Å². The average molecular weight is 273 g/mol. The Labute approximate surface area is 116 Å². The van der Waals surface area contributed by atoms with Crippen molar-refractivity contribution in [1.82, 2.24) is 4.90 Å². The van der Waals surface area contributed by atoms with Gasteiger partial charge in [0.05, 0.1) is 0 Å². The summed E-state index contributed by atoms with van der Waals surface area (Å²) in [6, 6.07) is -0.454. The van der Waals surface area contributed by atoms with Crippen molar-refractivity contribution in [3.05, 3.63) is 36.7 Å². The molecule has 1 aliphatic heterocycles. The smallest absolute Gasteiger partial charge is 0.245 e. The Bertz CT molecular complexity index is 632. The first-order valence-electron chi connectivity index (χ1n) is 6.15. The molecular weight excluding hydrogens is 259 g/mol. The Morgan fingerprint density at radius 2 is 2.25 bits per heavy atom. The van der Waals surface area contributed by atoms with E-state index in [-0.39, 0.29) is 13.1 Å². The molecule has 1 aliphatic carbocycles. The third-order valence-corrected chi connectivity index (χ3v) is 3.09. The highest BCUT2D eigenvalue weighted by atomic mass is 19.1. The van der Waals surface area contributed by atoms with Crippen LogP contribution in [0.25, 0.3) is 0 Å². The topological polar surface area (TPSA) is 40.4 Å². The number of urea groups is 1. The Kier molecular flexibility index (Phi) is 3.94. The summed E-state index contributed by atoms with van der Waals surface area (Å²) < 4.78 is 14.7. The molecule has 0 spiro atoms. The number of fused-ring (bicyclic) bond motifs is 1. The van der Waals surface area contributed by atoms with Gasteiger partial charge in [-0.05, 0) is 25.2 Å². The van der Waals surface area contributed by atoms with E-state index in [1.165, 1.54) is 28.9 Å². The fourth-order valence-corrected chi connectivity index (χ4v) is 2.16. The fraction of sp³-hybridized carbons (Fsp3) is 0.267. The molecule has 0 radical (unpaired) electrons. The lowest BCUT2D eigenvalue weighted by Gasteiger charge is -2.25. The highest BCUT2D eigenvalue weighted by Crippen LogP contribution is 2.22. The van der Waals surface area contributed by atoms with Gasteiger partial charge in [-0.25, -0.2) is 9.18 Å². The predicted molar refractivity (Wildman–Crippen MR) is 72.7 cm³/mol. The summed E-state index contributed by atoms with van der Waals surface area (Å²) in [6.45, 7) is 5.46. The van der Waals surface area contributed by atoms with Gasteiger partial charge in [-0.3, -0.25) is 0 Å². The van der Waals surface area contributed by atoms with Crippen molar-refractivity contribution >= 4 is 17.6 Å². The van der Waals surface area contributed by atoms with Crippen molar-refractivity contribution in [2.24, 2.45) is 5.92 Å². The maximum Gasteiger partial charge on any atom is 0.502 e. The monoisotopic (exact) mass is 273 g/mol. The summed E-state index contributed by atoms with van der Waals surface area (Å²) in [7, 11) is 0. The lowest BCUT2D eigenvalue weighted by atomic mass is 9.94. The van der Waals surface area contributed by atoms with Gasteiger partial charge < -0.3 is 0 Å². The minimum absolute atomic E-state index is 0.0939. The van der Waals surface area contributed by atoms with Gasteiger partial charge in [-0.15, -0.1) is 5.92 Å². The molecule has 0 N–H and O–H groups in total. The van der Waals surface area contributed by atoms with E-state index in [1.54, 1.807) is 6.92 Å². The second-order valence-electron chi connectivity index (χ2n) is 4.32. The Morgan fingerprint density at radius 1 is 1.50 bits per heavy atom. The number of amides is 3. The lowest BCUT2D eigenvalue weighted by Crippen LogP contribution is -2.54. The molecule has 0 aromatic heterocycles. The number of halogens is 1. The molecule has 4 nitrogen and oxygen atoms in total. The van der Waals surface area contributed by atoms with Crippen LogP contribution in [-0.4, -0.2) is 40.2 Å². The maximum absolute atomic E-state index is 13.4. The van der Waals surface area contributed by atoms with Gasteiger partial charge in [0.2, 0.25) is 0 Å². The molecule has 0 saturated heterocycles. The van der Waals surface area contributed by atoms with Crippen molar-refractivity contribution in [3.63, 3.8) is 0 Å². The van der Waals surface area contributed by atoms with E-state index in [9.17, 15) is 14.0 Å². The van der Waals surface area contributed by atoms with Crippen LogP contribution in [0.15, 0.2) is 36.7 Å². The number of imide groups is 1. The summed E-state index contributed by atoms with van der Waals surface area (Å²) in [5.74, 6) is 3.79. The van der Waals surface area contributed by atoms with E-state index < -0.39 is 23.7 Å². The second kappa shape index (κ2) is 5.66. The maximum atomic E-state index is 13.4. The van der Waals surface area contributed by atoms with Crippen LogP contribution in [0.2, 0.25) is 0 Å². The van der Waals surface area contributed by atoms with Gasteiger partial charge in [0.1, 0.15) is 24.0 Å². The quantitative estimate of drug-likeness (QED) is 0.445. The lowest BCUT2D eigenvalue weighted by molar-refractivity contribution is -0.425. The molecule has 2 rings (SSSR count). The SMILES string of the molecule is C=CCN1C(=O)C2C=C(F)C=CC2=[N+](CC#CC)C1=O. The van der Waals surface area contributed by atoms with E-state index in [4.69, 9.17) is 0 Å². The van der Waals surface area contributed by atoms with Crippen LogP contribution in [0.1, 0.15) is 6.92 Å². The molecule has 0 fully saturated rings. The fourth-order valence-electron chi connectivity index (χ4n) is 2.16. The third-order valence-electron chi connectivity index (χ3n) is 3.09. The number of hydrogen-bond donors (Lipinski definition) is 0. The molecule has 2 aliphatic rings. The summed E-state index contributed by atoms with van der Waals surface area (Å²) in [5, 5.41) is 0. The van der Waals surface area contributed by atoms with Crippen LogP contribution in [0.4, 0.5) is 9.18 Å². The first-order valence-corrected chi connectivity index (χ1v) is 6.15. The molecule has 102 valence electrons. The summed E-state index contributed by atoms with van der Waals surface area (Å²) in [4.78, 5) is 25.6. The van der Waals surface area contributed by atoms with Gasteiger partial charge in [-0.2, -0.15) is 14.3 Å². The highest BCUT2D eigenvalue weighted by molar-refractivity contribution is 6.16. The molecule has 1 unspecified atom stereocenters. The first kappa shape index (κ1) is 13.9. The van der Waals surface area contributed by atoms with Gasteiger partial charge in [-0.1, -0.05) is 18.6 Å². The van der Waals surface area contributed by atoms with E-state index in [2.05, 4.69) is 18.4 Å². The molecule has 1 heterocycles. The number of hydrogen-bond acceptors (Lipinski definition) is 2. The molecule has 5 heteroatoms. The minimum Gasteiger partial charge on any atom is -0.245 e. The van der Waals surface area contributed by atoms with Crippen molar-refractivity contribution < 1.29 is 18.6 Å². The van der Waals surface area contributed by atoms with Crippen LogP contribution in [0.3, 0.4) is 0 Å².